The Bertz CT molecular complexity index is 397. The van der Waals surface area contributed by atoms with Crippen LogP contribution in [0.3, 0.4) is 0 Å². The molecule has 0 radical (unpaired) electrons. The molecule has 102 valence electrons. The lowest BCUT2D eigenvalue weighted by Crippen LogP contribution is -2.26. The third kappa shape index (κ3) is 3.23. The van der Waals surface area contributed by atoms with Gasteiger partial charge in [-0.3, -0.25) is 4.68 Å². The molecule has 0 amide bonds. The summed E-state index contributed by atoms with van der Waals surface area (Å²) in [6.45, 7) is 1.47. The number of halogens is 3. The van der Waals surface area contributed by atoms with Gasteiger partial charge in [-0.2, -0.15) is 18.3 Å². The molecule has 1 atom stereocenters. The van der Waals surface area contributed by atoms with Gasteiger partial charge in [-0.05, 0) is 12.8 Å². The van der Waals surface area contributed by atoms with Crippen molar-refractivity contribution >= 4 is 0 Å². The fourth-order valence-corrected chi connectivity index (χ4v) is 2.08. The maximum absolute atomic E-state index is 12.7. The highest BCUT2D eigenvalue weighted by Crippen LogP contribution is 2.30. The second kappa shape index (κ2) is 5.27. The summed E-state index contributed by atoms with van der Waals surface area (Å²) >= 11 is 0. The van der Waals surface area contributed by atoms with Crippen LogP contribution >= 0.6 is 0 Å². The van der Waals surface area contributed by atoms with E-state index in [1.54, 1.807) is 0 Å². The van der Waals surface area contributed by atoms with Crippen molar-refractivity contribution in [3.63, 3.8) is 0 Å². The smallest absolute Gasteiger partial charge is 0.377 e. The standard InChI is InChI=1S/C11H16F3N3O/c1-17-7-8(10(16-17)11(12,13)14)5-15-6-9-3-2-4-18-9/h7,9,15H,2-6H2,1H3/t9-/m0/s1. The SMILES string of the molecule is Cn1cc(CNC[C@@H]2CCCO2)c(C(F)(F)F)n1. The van der Waals surface area contributed by atoms with E-state index in [4.69, 9.17) is 4.74 Å². The van der Waals surface area contributed by atoms with Crippen LogP contribution in [0, 0.1) is 0 Å². The van der Waals surface area contributed by atoms with E-state index in [0.29, 0.717) is 6.54 Å². The maximum atomic E-state index is 12.7. The van der Waals surface area contributed by atoms with E-state index in [1.807, 2.05) is 0 Å². The van der Waals surface area contributed by atoms with Crippen molar-refractivity contribution < 1.29 is 17.9 Å². The molecule has 0 unspecified atom stereocenters. The topological polar surface area (TPSA) is 39.1 Å². The molecular formula is C11H16F3N3O. The summed E-state index contributed by atoms with van der Waals surface area (Å²) < 4.78 is 44.6. The zero-order chi connectivity index (χ0) is 13.2. The fourth-order valence-electron chi connectivity index (χ4n) is 2.08. The second-order valence-electron chi connectivity index (χ2n) is 4.44. The zero-order valence-electron chi connectivity index (χ0n) is 10.1. The molecule has 0 saturated carbocycles. The van der Waals surface area contributed by atoms with Crippen LogP contribution in [0.1, 0.15) is 24.1 Å². The molecule has 0 aliphatic carbocycles. The minimum absolute atomic E-state index is 0.121. The van der Waals surface area contributed by atoms with Crippen molar-refractivity contribution in [3.05, 3.63) is 17.5 Å². The zero-order valence-corrected chi connectivity index (χ0v) is 10.1. The Hall–Kier alpha value is -1.08. The summed E-state index contributed by atoms with van der Waals surface area (Å²) in [6, 6.07) is 0. The van der Waals surface area contributed by atoms with Crippen LogP contribution in [0.15, 0.2) is 6.20 Å². The number of nitrogens with zero attached hydrogens (tertiary/aromatic N) is 2. The number of hydrogen-bond donors (Lipinski definition) is 1. The van der Waals surface area contributed by atoms with Gasteiger partial charge >= 0.3 is 6.18 Å². The van der Waals surface area contributed by atoms with E-state index < -0.39 is 11.9 Å². The summed E-state index contributed by atoms with van der Waals surface area (Å²) in [4.78, 5) is 0. The Morgan fingerprint density at radius 2 is 2.33 bits per heavy atom. The van der Waals surface area contributed by atoms with Crippen LogP contribution in [-0.2, 0) is 24.5 Å². The second-order valence-corrected chi connectivity index (χ2v) is 4.44. The number of alkyl halides is 3. The molecule has 7 heteroatoms. The Morgan fingerprint density at radius 3 is 2.94 bits per heavy atom. The van der Waals surface area contributed by atoms with Crippen LogP contribution in [0.4, 0.5) is 13.2 Å². The van der Waals surface area contributed by atoms with E-state index in [2.05, 4.69) is 10.4 Å². The molecule has 0 aromatic carbocycles. The Kier molecular flexibility index (Phi) is 3.91. The van der Waals surface area contributed by atoms with Crippen LogP contribution in [0.25, 0.3) is 0 Å². The van der Waals surface area contributed by atoms with Gasteiger partial charge in [0, 0.05) is 38.5 Å². The molecule has 2 rings (SSSR count). The first-order chi connectivity index (χ1) is 8.47. The highest BCUT2D eigenvalue weighted by molar-refractivity contribution is 5.19. The van der Waals surface area contributed by atoms with Gasteiger partial charge in [-0.15, -0.1) is 0 Å². The Labute approximate surface area is 103 Å². The van der Waals surface area contributed by atoms with Crippen molar-refractivity contribution in [1.82, 2.24) is 15.1 Å². The normalized spacial score (nSPS) is 20.6. The molecule has 1 saturated heterocycles. The number of aryl methyl sites for hydroxylation is 1. The van der Waals surface area contributed by atoms with Crippen molar-refractivity contribution in [2.75, 3.05) is 13.2 Å². The van der Waals surface area contributed by atoms with Gasteiger partial charge in [0.05, 0.1) is 6.10 Å². The first-order valence-electron chi connectivity index (χ1n) is 5.89. The molecule has 1 aliphatic heterocycles. The number of hydrogen-bond acceptors (Lipinski definition) is 3. The molecular weight excluding hydrogens is 247 g/mol. The molecule has 1 aliphatic rings. The molecule has 1 aromatic rings. The van der Waals surface area contributed by atoms with Gasteiger partial charge in [-0.25, -0.2) is 0 Å². The van der Waals surface area contributed by atoms with Crippen molar-refractivity contribution in [2.24, 2.45) is 7.05 Å². The number of nitrogens with one attached hydrogen (secondary N) is 1. The quantitative estimate of drug-likeness (QED) is 0.898. The lowest BCUT2D eigenvalue weighted by Gasteiger charge is -2.11. The van der Waals surface area contributed by atoms with Gasteiger partial charge in [0.25, 0.3) is 0 Å². The lowest BCUT2D eigenvalue weighted by atomic mass is 10.2. The number of ether oxygens (including phenoxy) is 1. The summed E-state index contributed by atoms with van der Waals surface area (Å²) in [6.07, 6.45) is -0.900. The van der Waals surface area contributed by atoms with Crippen LogP contribution in [-0.4, -0.2) is 29.0 Å². The maximum Gasteiger partial charge on any atom is 0.435 e. The minimum Gasteiger partial charge on any atom is -0.377 e. The molecule has 18 heavy (non-hydrogen) atoms. The highest BCUT2D eigenvalue weighted by Gasteiger charge is 2.36. The third-order valence-electron chi connectivity index (χ3n) is 2.88. The molecule has 0 bridgehead atoms. The number of rotatable bonds is 4. The van der Waals surface area contributed by atoms with Gasteiger partial charge in [0.2, 0.25) is 0 Å². The van der Waals surface area contributed by atoms with Crippen molar-refractivity contribution in [3.8, 4) is 0 Å². The first-order valence-corrected chi connectivity index (χ1v) is 5.89. The van der Waals surface area contributed by atoms with Gasteiger partial charge < -0.3 is 10.1 Å². The summed E-state index contributed by atoms with van der Waals surface area (Å²) in [5.41, 5.74) is -0.646. The van der Waals surface area contributed by atoms with Gasteiger partial charge in [0.1, 0.15) is 0 Å². The summed E-state index contributed by atoms with van der Waals surface area (Å²) in [7, 11) is 1.48. The average Bonchev–Trinajstić information content (AvgIpc) is 2.87. The predicted molar refractivity (Wildman–Crippen MR) is 58.9 cm³/mol. The van der Waals surface area contributed by atoms with Gasteiger partial charge in [0.15, 0.2) is 5.69 Å². The molecule has 1 aromatic heterocycles. The minimum atomic E-state index is -4.40. The molecule has 1 N–H and O–H groups in total. The highest BCUT2D eigenvalue weighted by atomic mass is 19.4. The van der Waals surface area contributed by atoms with Crippen molar-refractivity contribution in [1.29, 1.82) is 0 Å². The third-order valence-corrected chi connectivity index (χ3v) is 2.88. The molecule has 0 spiro atoms. The van der Waals surface area contributed by atoms with E-state index in [-0.39, 0.29) is 18.2 Å². The summed E-state index contributed by atoms with van der Waals surface area (Å²) in [5, 5.41) is 6.44. The van der Waals surface area contributed by atoms with E-state index in [1.165, 1.54) is 17.9 Å². The fraction of sp³-hybridized carbons (Fsp3) is 0.727. The van der Waals surface area contributed by atoms with E-state index >= 15 is 0 Å². The van der Waals surface area contributed by atoms with Crippen LogP contribution < -0.4 is 5.32 Å². The Morgan fingerprint density at radius 1 is 1.56 bits per heavy atom. The number of aromatic nitrogens is 2. The largest absolute Gasteiger partial charge is 0.435 e. The average molecular weight is 263 g/mol. The molecule has 1 fully saturated rings. The monoisotopic (exact) mass is 263 g/mol. The predicted octanol–water partition coefficient (Wildman–Crippen LogP) is 1.71. The van der Waals surface area contributed by atoms with Crippen LogP contribution in [0.2, 0.25) is 0 Å². The van der Waals surface area contributed by atoms with E-state index in [9.17, 15) is 13.2 Å². The summed E-state index contributed by atoms with van der Waals surface area (Å²) in [5.74, 6) is 0. The first kappa shape index (κ1) is 13.4. The molecule has 2 heterocycles. The van der Waals surface area contributed by atoms with Crippen molar-refractivity contribution in [2.45, 2.75) is 31.7 Å². The molecule has 4 nitrogen and oxygen atoms in total. The Balaban J connectivity index is 1.92. The van der Waals surface area contributed by atoms with Gasteiger partial charge in [-0.1, -0.05) is 0 Å². The van der Waals surface area contributed by atoms with Crippen LogP contribution in [0.5, 0.6) is 0 Å². The van der Waals surface area contributed by atoms with E-state index in [0.717, 1.165) is 19.4 Å². The lowest BCUT2D eigenvalue weighted by molar-refractivity contribution is -0.142.